The fraction of sp³-hybridized carbons (Fsp3) is 0.545. The van der Waals surface area contributed by atoms with Crippen LogP contribution in [0.2, 0.25) is 5.15 Å². The zero-order chi connectivity index (χ0) is 18.6. The molecular formula is C22H25ClN2O2. The maximum Gasteiger partial charge on any atom is 0.312 e. The number of ether oxygens (including phenoxy) is 1. The summed E-state index contributed by atoms with van der Waals surface area (Å²) in [6, 6.07) is 10.8. The van der Waals surface area contributed by atoms with Crippen molar-refractivity contribution in [3.8, 4) is 0 Å². The first-order valence-corrected chi connectivity index (χ1v) is 10.3. The third kappa shape index (κ3) is 2.72. The summed E-state index contributed by atoms with van der Waals surface area (Å²) in [7, 11) is 1.84. The lowest BCUT2D eigenvalue weighted by atomic mass is 9.43. The summed E-state index contributed by atoms with van der Waals surface area (Å²) in [5.74, 6) is 1.94. The highest BCUT2D eigenvalue weighted by Gasteiger charge is 2.61. The van der Waals surface area contributed by atoms with Crippen molar-refractivity contribution in [3.05, 3.63) is 53.1 Å². The summed E-state index contributed by atoms with van der Waals surface area (Å²) in [6.07, 6.45) is 8.21. The van der Waals surface area contributed by atoms with E-state index in [0.29, 0.717) is 22.8 Å². The predicted molar refractivity (Wildman–Crippen MR) is 103 cm³/mol. The zero-order valence-corrected chi connectivity index (χ0v) is 16.4. The first-order chi connectivity index (χ1) is 13.0. The number of carbonyl (C=O) groups excluding carboxylic acids is 1. The number of hydrogen-bond acceptors (Lipinski definition) is 3. The molecule has 4 aliphatic rings. The Morgan fingerprint density at radius 3 is 2.56 bits per heavy atom. The Bertz CT molecular complexity index is 862. The van der Waals surface area contributed by atoms with Crippen LogP contribution in [0.15, 0.2) is 36.5 Å². The summed E-state index contributed by atoms with van der Waals surface area (Å²) in [6.45, 7) is 0.192. The van der Waals surface area contributed by atoms with Gasteiger partial charge in [0, 0.05) is 7.05 Å². The Labute approximate surface area is 164 Å². The molecule has 4 atom stereocenters. The third-order valence-corrected chi connectivity index (χ3v) is 7.59. The van der Waals surface area contributed by atoms with E-state index in [1.165, 1.54) is 24.8 Å². The van der Waals surface area contributed by atoms with E-state index in [-0.39, 0.29) is 23.4 Å². The number of esters is 1. The van der Waals surface area contributed by atoms with E-state index < -0.39 is 0 Å². The lowest BCUT2D eigenvalue weighted by molar-refractivity contribution is -0.175. The van der Waals surface area contributed by atoms with Crippen LogP contribution in [-0.4, -0.2) is 15.5 Å². The molecule has 4 fully saturated rings. The van der Waals surface area contributed by atoms with Crippen molar-refractivity contribution in [3.63, 3.8) is 0 Å². The molecule has 0 N–H and O–H groups in total. The average Bonchev–Trinajstić information content (AvgIpc) is 2.98. The van der Waals surface area contributed by atoms with Gasteiger partial charge in [0.1, 0.15) is 17.6 Å². The Hall–Kier alpha value is -1.81. The molecule has 6 rings (SSSR count). The van der Waals surface area contributed by atoms with Crippen molar-refractivity contribution in [2.45, 2.75) is 50.5 Å². The fourth-order valence-corrected chi connectivity index (χ4v) is 6.62. The molecule has 142 valence electrons. The molecule has 4 nitrogen and oxygen atoms in total. The van der Waals surface area contributed by atoms with E-state index in [4.69, 9.17) is 16.3 Å². The van der Waals surface area contributed by atoms with Crippen molar-refractivity contribution < 1.29 is 9.53 Å². The van der Waals surface area contributed by atoms with Gasteiger partial charge in [0.25, 0.3) is 0 Å². The van der Waals surface area contributed by atoms with E-state index in [1.54, 1.807) is 10.8 Å². The normalized spacial score (nSPS) is 34.0. The van der Waals surface area contributed by atoms with Crippen molar-refractivity contribution >= 4 is 17.6 Å². The molecular weight excluding hydrogens is 360 g/mol. The number of benzene rings is 1. The highest BCUT2D eigenvalue weighted by Crippen LogP contribution is 2.66. The number of rotatable bonds is 4. The first-order valence-electron chi connectivity index (χ1n) is 9.89. The second kappa shape index (κ2) is 6.10. The largest absolute Gasteiger partial charge is 0.457 e. The highest BCUT2D eigenvalue weighted by molar-refractivity contribution is 6.29. The summed E-state index contributed by atoms with van der Waals surface area (Å²) in [5, 5.41) is 0.555. The van der Waals surface area contributed by atoms with Crippen LogP contribution in [0.3, 0.4) is 0 Å². The molecule has 0 amide bonds. The second-order valence-corrected chi connectivity index (χ2v) is 9.41. The summed E-state index contributed by atoms with van der Waals surface area (Å²) >= 11 is 6.05. The van der Waals surface area contributed by atoms with Gasteiger partial charge in [-0.15, -0.1) is 0 Å². The van der Waals surface area contributed by atoms with Crippen molar-refractivity contribution in [2.24, 2.45) is 24.3 Å². The Morgan fingerprint density at radius 2 is 1.93 bits per heavy atom. The summed E-state index contributed by atoms with van der Waals surface area (Å²) in [5.41, 5.74) is 1.23. The molecule has 2 aromatic rings. The topological polar surface area (TPSA) is 44.1 Å². The molecule has 27 heavy (non-hydrogen) atoms. The van der Waals surface area contributed by atoms with E-state index in [0.717, 1.165) is 19.3 Å². The van der Waals surface area contributed by atoms with Gasteiger partial charge in [0.2, 0.25) is 0 Å². The third-order valence-electron chi connectivity index (χ3n) is 7.24. The van der Waals surface area contributed by atoms with Crippen LogP contribution in [0.5, 0.6) is 0 Å². The maximum absolute atomic E-state index is 13.3. The Balaban J connectivity index is 1.40. The van der Waals surface area contributed by atoms with E-state index in [2.05, 4.69) is 35.3 Å². The van der Waals surface area contributed by atoms with E-state index in [9.17, 15) is 4.79 Å². The molecule has 0 radical (unpaired) electrons. The van der Waals surface area contributed by atoms with Crippen LogP contribution in [0.25, 0.3) is 0 Å². The van der Waals surface area contributed by atoms with Crippen LogP contribution in [0.1, 0.15) is 49.9 Å². The minimum absolute atomic E-state index is 0.0315. The lowest BCUT2D eigenvalue weighted by Gasteiger charge is -2.61. The quantitative estimate of drug-likeness (QED) is 0.720. The van der Waals surface area contributed by atoms with E-state index in [1.807, 2.05) is 7.05 Å². The molecule has 0 aliphatic heterocycles. The minimum Gasteiger partial charge on any atom is -0.457 e. The van der Waals surface area contributed by atoms with Crippen LogP contribution < -0.4 is 0 Å². The molecule has 2 unspecified atom stereocenters. The van der Waals surface area contributed by atoms with Gasteiger partial charge in [0.15, 0.2) is 0 Å². The lowest BCUT2D eigenvalue weighted by Crippen LogP contribution is -2.57. The van der Waals surface area contributed by atoms with Gasteiger partial charge in [-0.1, -0.05) is 41.9 Å². The van der Waals surface area contributed by atoms with Crippen molar-refractivity contribution in [1.29, 1.82) is 0 Å². The van der Waals surface area contributed by atoms with Gasteiger partial charge < -0.3 is 9.30 Å². The molecule has 1 aromatic carbocycles. The van der Waals surface area contributed by atoms with Crippen LogP contribution >= 0.6 is 11.6 Å². The standard InChI is InChI=1S/C22H25ClN2O2/c1-25-18(23)12-24-19(25)13-27-20(26)22-10-15-7-16(11-22)9-21(8-15,14-22)17-5-3-2-4-6-17/h2-6,12,15-16H,7-11,13-14H2,1H3/t15-,16+,21?,22?. The van der Waals surface area contributed by atoms with Gasteiger partial charge in [-0.3, -0.25) is 4.79 Å². The van der Waals surface area contributed by atoms with Gasteiger partial charge >= 0.3 is 5.97 Å². The SMILES string of the molecule is Cn1c(Cl)cnc1COC(=O)C12C[C@H]3C[C@@H](C1)CC(c1ccccc1)(C3)C2. The summed E-state index contributed by atoms with van der Waals surface area (Å²) in [4.78, 5) is 17.5. The van der Waals surface area contributed by atoms with Crippen LogP contribution in [0.4, 0.5) is 0 Å². The van der Waals surface area contributed by atoms with Gasteiger partial charge in [-0.05, 0) is 61.3 Å². The van der Waals surface area contributed by atoms with E-state index >= 15 is 0 Å². The van der Waals surface area contributed by atoms with Gasteiger partial charge in [0.05, 0.1) is 11.6 Å². The van der Waals surface area contributed by atoms with Crippen molar-refractivity contribution in [2.75, 3.05) is 0 Å². The van der Waals surface area contributed by atoms with Crippen LogP contribution in [-0.2, 0) is 28.6 Å². The summed E-state index contributed by atoms with van der Waals surface area (Å²) < 4.78 is 7.57. The maximum atomic E-state index is 13.3. The molecule has 4 bridgehead atoms. The average molecular weight is 385 g/mol. The molecule has 5 heteroatoms. The number of imidazole rings is 1. The molecule has 4 saturated carbocycles. The number of hydrogen-bond donors (Lipinski definition) is 0. The molecule has 4 aliphatic carbocycles. The fourth-order valence-electron chi connectivity index (χ4n) is 6.47. The molecule has 0 saturated heterocycles. The van der Waals surface area contributed by atoms with Crippen molar-refractivity contribution in [1.82, 2.24) is 9.55 Å². The molecule has 0 spiro atoms. The number of nitrogens with zero attached hydrogens (tertiary/aromatic N) is 2. The minimum atomic E-state index is -0.325. The molecule has 1 heterocycles. The number of carbonyl (C=O) groups is 1. The Morgan fingerprint density at radius 1 is 1.22 bits per heavy atom. The second-order valence-electron chi connectivity index (χ2n) is 9.02. The number of aromatic nitrogens is 2. The number of halogens is 1. The zero-order valence-electron chi connectivity index (χ0n) is 15.7. The first kappa shape index (κ1) is 17.3. The highest BCUT2D eigenvalue weighted by atomic mass is 35.5. The predicted octanol–water partition coefficient (Wildman–Crippen LogP) is 4.65. The smallest absolute Gasteiger partial charge is 0.312 e. The van der Waals surface area contributed by atoms with Gasteiger partial charge in [-0.2, -0.15) is 0 Å². The monoisotopic (exact) mass is 384 g/mol. The van der Waals surface area contributed by atoms with Gasteiger partial charge in [-0.25, -0.2) is 4.98 Å². The van der Waals surface area contributed by atoms with Crippen LogP contribution in [0, 0.1) is 17.3 Å². The molecule has 1 aromatic heterocycles. The Kier molecular flexibility index (Phi) is 3.91.